The Morgan fingerprint density at radius 3 is 2.71 bits per heavy atom. The summed E-state index contributed by atoms with van der Waals surface area (Å²) in [4.78, 5) is 14.9. The average Bonchev–Trinajstić information content (AvgIpc) is 3.25. The highest BCUT2D eigenvalue weighted by atomic mass is 32.2. The van der Waals surface area contributed by atoms with Gasteiger partial charge in [-0.3, -0.25) is 4.79 Å². The van der Waals surface area contributed by atoms with Gasteiger partial charge in [-0.25, -0.2) is 13.1 Å². The Hall–Kier alpha value is -2.22. The van der Waals surface area contributed by atoms with Gasteiger partial charge < -0.3 is 9.64 Å². The molecule has 1 saturated heterocycles. The third-order valence-corrected chi connectivity index (χ3v) is 6.69. The first-order valence-electron chi connectivity index (χ1n) is 9.66. The van der Waals surface area contributed by atoms with E-state index < -0.39 is 10.0 Å². The number of fused-ring (bicyclic) bond motifs is 1. The third kappa shape index (κ3) is 3.97. The number of aryl methyl sites for hydroxylation is 1. The van der Waals surface area contributed by atoms with Gasteiger partial charge in [0.2, 0.25) is 10.0 Å². The molecule has 1 amide bonds. The summed E-state index contributed by atoms with van der Waals surface area (Å²) in [6, 6.07) is 14.2. The summed E-state index contributed by atoms with van der Waals surface area (Å²) in [7, 11) is -3.60. The summed E-state index contributed by atoms with van der Waals surface area (Å²) >= 11 is 0. The molecule has 1 N–H and O–H groups in total. The van der Waals surface area contributed by atoms with Crippen molar-refractivity contribution in [3.8, 4) is 0 Å². The van der Waals surface area contributed by atoms with E-state index in [-0.39, 0.29) is 23.5 Å². The summed E-state index contributed by atoms with van der Waals surface area (Å²) in [6.07, 6.45) is 3.35. The lowest BCUT2D eigenvalue weighted by Crippen LogP contribution is -2.36. The van der Waals surface area contributed by atoms with Crippen LogP contribution in [0.4, 0.5) is 5.69 Å². The van der Waals surface area contributed by atoms with E-state index in [0.717, 1.165) is 36.9 Å². The molecule has 2 aromatic carbocycles. The topological polar surface area (TPSA) is 75.7 Å². The number of sulfonamides is 1. The van der Waals surface area contributed by atoms with Gasteiger partial charge in [0.25, 0.3) is 5.91 Å². The first-order valence-corrected chi connectivity index (χ1v) is 11.1. The molecule has 1 atom stereocenters. The van der Waals surface area contributed by atoms with Gasteiger partial charge in [-0.1, -0.05) is 18.2 Å². The molecule has 0 unspecified atom stereocenters. The second kappa shape index (κ2) is 8.03. The Bertz CT molecular complexity index is 954. The number of carbonyl (C=O) groups is 1. The number of nitrogens with zero attached hydrogens (tertiary/aromatic N) is 1. The van der Waals surface area contributed by atoms with Crippen LogP contribution in [0.25, 0.3) is 0 Å². The van der Waals surface area contributed by atoms with E-state index in [1.807, 2.05) is 18.2 Å². The van der Waals surface area contributed by atoms with Crippen LogP contribution in [0.15, 0.2) is 53.4 Å². The van der Waals surface area contributed by atoms with Crippen LogP contribution in [-0.2, 0) is 21.2 Å². The lowest BCUT2D eigenvalue weighted by molar-refractivity contribution is 0.0985. The number of benzene rings is 2. The molecule has 1 fully saturated rings. The Morgan fingerprint density at radius 2 is 1.96 bits per heavy atom. The molecule has 28 heavy (non-hydrogen) atoms. The average molecular weight is 401 g/mol. The number of hydrogen-bond acceptors (Lipinski definition) is 4. The molecule has 4 rings (SSSR count). The van der Waals surface area contributed by atoms with Crippen molar-refractivity contribution in [2.24, 2.45) is 0 Å². The summed E-state index contributed by atoms with van der Waals surface area (Å²) in [5.74, 6) is -0.0614. The summed E-state index contributed by atoms with van der Waals surface area (Å²) in [6.45, 7) is 1.61. The molecule has 0 aliphatic carbocycles. The largest absolute Gasteiger partial charge is 0.377 e. The van der Waals surface area contributed by atoms with Crippen LogP contribution in [-0.4, -0.2) is 40.1 Å². The fraction of sp³-hybridized carbons (Fsp3) is 0.381. The van der Waals surface area contributed by atoms with Gasteiger partial charge in [0.1, 0.15) is 0 Å². The Balaban J connectivity index is 1.55. The number of ether oxygens (including phenoxy) is 1. The van der Waals surface area contributed by atoms with E-state index in [4.69, 9.17) is 4.74 Å². The number of carbonyl (C=O) groups excluding carboxylic acids is 1. The Morgan fingerprint density at radius 1 is 1.14 bits per heavy atom. The first kappa shape index (κ1) is 19.1. The summed E-state index contributed by atoms with van der Waals surface area (Å²) in [5, 5.41) is 0. The predicted octanol–water partition coefficient (Wildman–Crippen LogP) is 2.74. The molecule has 148 valence electrons. The van der Waals surface area contributed by atoms with Crippen LogP contribution in [0, 0.1) is 0 Å². The van der Waals surface area contributed by atoms with Crippen molar-refractivity contribution in [1.82, 2.24) is 4.72 Å². The van der Waals surface area contributed by atoms with Crippen molar-refractivity contribution in [2.45, 2.75) is 36.7 Å². The van der Waals surface area contributed by atoms with Gasteiger partial charge in [0, 0.05) is 30.9 Å². The lowest BCUT2D eigenvalue weighted by atomic mass is 10.0. The first-order chi connectivity index (χ1) is 13.5. The summed E-state index contributed by atoms with van der Waals surface area (Å²) in [5.41, 5.74) is 2.30. The molecule has 0 aromatic heterocycles. The van der Waals surface area contributed by atoms with E-state index in [9.17, 15) is 13.2 Å². The SMILES string of the molecule is O=C(c1ccccc1)N1CCCc2cc(S(=O)(=O)NC[C@@H]3CCCO3)ccc21. The standard InChI is InChI=1S/C21H24N2O4S/c24-21(16-6-2-1-3-7-16)23-12-4-8-17-14-19(10-11-20(17)23)28(25,26)22-15-18-9-5-13-27-18/h1-3,6-7,10-11,14,18,22H,4-5,8-9,12-13,15H2/t18-/m0/s1. The number of hydrogen-bond donors (Lipinski definition) is 1. The molecule has 2 aliphatic heterocycles. The molecular weight excluding hydrogens is 376 g/mol. The lowest BCUT2D eigenvalue weighted by Gasteiger charge is -2.30. The fourth-order valence-corrected chi connectivity index (χ4v) is 4.90. The molecular formula is C21H24N2O4S. The maximum atomic E-state index is 12.9. The van der Waals surface area contributed by atoms with Gasteiger partial charge in [-0.2, -0.15) is 0 Å². The molecule has 0 spiro atoms. The minimum Gasteiger partial charge on any atom is -0.377 e. The van der Waals surface area contributed by atoms with E-state index in [0.29, 0.717) is 18.7 Å². The zero-order valence-electron chi connectivity index (χ0n) is 15.6. The van der Waals surface area contributed by atoms with Gasteiger partial charge in [0.05, 0.1) is 11.0 Å². The number of rotatable bonds is 5. The smallest absolute Gasteiger partial charge is 0.258 e. The maximum absolute atomic E-state index is 12.9. The molecule has 2 heterocycles. The van der Waals surface area contributed by atoms with Crippen molar-refractivity contribution >= 4 is 21.6 Å². The zero-order valence-corrected chi connectivity index (χ0v) is 16.5. The maximum Gasteiger partial charge on any atom is 0.258 e. The third-order valence-electron chi connectivity index (χ3n) is 5.27. The second-order valence-corrected chi connectivity index (χ2v) is 8.97. The minimum atomic E-state index is -3.60. The molecule has 7 heteroatoms. The summed E-state index contributed by atoms with van der Waals surface area (Å²) < 4.78 is 33.5. The fourth-order valence-electron chi connectivity index (χ4n) is 3.78. The quantitative estimate of drug-likeness (QED) is 0.837. The van der Waals surface area contributed by atoms with Crippen LogP contribution in [0.2, 0.25) is 0 Å². The van der Waals surface area contributed by atoms with Crippen molar-refractivity contribution in [3.05, 3.63) is 59.7 Å². The van der Waals surface area contributed by atoms with Crippen LogP contribution < -0.4 is 9.62 Å². The molecule has 0 saturated carbocycles. The second-order valence-electron chi connectivity index (χ2n) is 7.20. The molecule has 0 bridgehead atoms. The van der Waals surface area contributed by atoms with Crippen molar-refractivity contribution in [1.29, 1.82) is 0 Å². The zero-order chi connectivity index (χ0) is 19.6. The van der Waals surface area contributed by atoms with Gasteiger partial charge in [-0.15, -0.1) is 0 Å². The highest BCUT2D eigenvalue weighted by Gasteiger charge is 2.26. The van der Waals surface area contributed by atoms with E-state index in [1.54, 1.807) is 35.2 Å². The molecule has 6 nitrogen and oxygen atoms in total. The number of nitrogens with one attached hydrogen (secondary N) is 1. The number of anilines is 1. The van der Waals surface area contributed by atoms with E-state index >= 15 is 0 Å². The molecule has 2 aromatic rings. The molecule has 0 radical (unpaired) electrons. The highest BCUT2D eigenvalue weighted by molar-refractivity contribution is 7.89. The number of amides is 1. The van der Waals surface area contributed by atoms with Gasteiger partial charge >= 0.3 is 0 Å². The van der Waals surface area contributed by atoms with Crippen LogP contribution in [0.1, 0.15) is 35.2 Å². The predicted molar refractivity (Wildman–Crippen MR) is 107 cm³/mol. The van der Waals surface area contributed by atoms with Gasteiger partial charge in [-0.05, 0) is 61.6 Å². The van der Waals surface area contributed by atoms with Crippen LogP contribution in [0.5, 0.6) is 0 Å². The normalized spacial score (nSPS) is 19.4. The Labute approximate surface area is 165 Å². The van der Waals surface area contributed by atoms with Crippen LogP contribution >= 0.6 is 0 Å². The van der Waals surface area contributed by atoms with Gasteiger partial charge in [0.15, 0.2) is 0 Å². The van der Waals surface area contributed by atoms with E-state index in [1.165, 1.54) is 0 Å². The minimum absolute atomic E-state index is 0.0496. The highest BCUT2D eigenvalue weighted by Crippen LogP contribution is 2.30. The van der Waals surface area contributed by atoms with Crippen molar-refractivity contribution < 1.29 is 17.9 Å². The van der Waals surface area contributed by atoms with E-state index in [2.05, 4.69) is 4.72 Å². The van der Waals surface area contributed by atoms with Crippen LogP contribution in [0.3, 0.4) is 0 Å². The Kier molecular flexibility index (Phi) is 5.48. The monoisotopic (exact) mass is 400 g/mol. The molecule has 2 aliphatic rings. The van der Waals surface area contributed by atoms with Crippen molar-refractivity contribution in [3.63, 3.8) is 0 Å². The van der Waals surface area contributed by atoms with Crippen molar-refractivity contribution in [2.75, 3.05) is 24.6 Å².